The highest BCUT2D eigenvalue weighted by atomic mass is 17.1. The number of hydrogen-bond acceptors (Lipinski definition) is 3. The maximum Gasteiger partial charge on any atom is 0.221 e. The average molecular weight is 166 g/mol. The number of rotatable bonds is 3. The number of hydrogen-bond donors (Lipinski definition) is 1. The Balaban J connectivity index is 2.71. The number of carbonyl (C=O) groups is 1. The summed E-state index contributed by atoms with van der Waals surface area (Å²) in [5, 5.41) is 9.87. The van der Waals surface area contributed by atoms with Crippen LogP contribution in [-0.4, -0.2) is 5.91 Å². The van der Waals surface area contributed by atoms with Crippen LogP contribution in [-0.2, 0) is 11.2 Å². The molecule has 0 spiro atoms. The Labute approximate surface area is 69.5 Å². The van der Waals surface area contributed by atoms with Crippen LogP contribution < -0.4 is 15.9 Å². The van der Waals surface area contributed by atoms with E-state index in [-0.39, 0.29) is 12.2 Å². The molecule has 1 aromatic rings. The highest BCUT2D eigenvalue weighted by molar-refractivity contribution is 5.76. The maximum atomic E-state index is 10.5. The smallest absolute Gasteiger partial charge is 0.221 e. The quantitative estimate of drug-likeness (QED) is 0.479. The van der Waals surface area contributed by atoms with Crippen LogP contribution in [0.3, 0.4) is 0 Å². The number of amides is 1. The second kappa shape index (κ2) is 3.73. The molecule has 12 heavy (non-hydrogen) atoms. The molecule has 1 rings (SSSR count). The molecule has 0 unspecified atom stereocenters. The van der Waals surface area contributed by atoms with E-state index in [9.17, 15) is 10.1 Å². The zero-order chi connectivity index (χ0) is 8.97. The SMILES string of the molecule is NC(=O)Cc1ccc(O[O-])cc1. The van der Waals surface area contributed by atoms with Crippen molar-refractivity contribution in [1.82, 2.24) is 0 Å². The van der Waals surface area contributed by atoms with E-state index in [1.165, 1.54) is 12.1 Å². The molecule has 0 aliphatic heterocycles. The van der Waals surface area contributed by atoms with Gasteiger partial charge in [0.2, 0.25) is 5.91 Å². The lowest BCUT2D eigenvalue weighted by atomic mass is 10.1. The van der Waals surface area contributed by atoms with Crippen molar-refractivity contribution in [2.75, 3.05) is 0 Å². The topological polar surface area (TPSA) is 75.4 Å². The van der Waals surface area contributed by atoms with Crippen LogP contribution in [0.5, 0.6) is 5.75 Å². The Bertz CT molecular complexity index is 268. The Morgan fingerprint density at radius 3 is 2.42 bits per heavy atom. The summed E-state index contributed by atoms with van der Waals surface area (Å²) in [5.74, 6) is -0.172. The first-order valence-electron chi connectivity index (χ1n) is 3.39. The molecular formula is C8H8NO3-. The van der Waals surface area contributed by atoms with E-state index in [4.69, 9.17) is 5.73 Å². The molecule has 0 atom stereocenters. The monoisotopic (exact) mass is 166 g/mol. The van der Waals surface area contributed by atoms with Crippen LogP contribution in [0, 0.1) is 0 Å². The Kier molecular flexibility index (Phi) is 2.66. The van der Waals surface area contributed by atoms with E-state index in [1.807, 2.05) is 0 Å². The average Bonchev–Trinajstić information content (AvgIpc) is 2.05. The van der Waals surface area contributed by atoms with Gasteiger partial charge in [0.1, 0.15) is 5.75 Å². The molecule has 0 aromatic heterocycles. The lowest BCUT2D eigenvalue weighted by molar-refractivity contribution is -0.635. The van der Waals surface area contributed by atoms with Crippen molar-refractivity contribution in [2.24, 2.45) is 5.73 Å². The van der Waals surface area contributed by atoms with Crippen LogP contribution in [0.2, 0.25) is 0 Å². The third-order valence-corrected chi connectivity index (χ3v) is 1.40. The molecule has 0 bridgehead atoms. The molecule has 4 heteroatoms. The molecule has 1 aromatic carbocycles. The molecule has 4 nitrogen and oxygen atoms in total. The summed E-state index contributed by atoms with van der Waals surface area (Å²) < 4.78 is 0. The fraction of sp³-hybridized carbons (Fsp3) is 0.125. The molecule has 0 fully saturated rings. The molecule has 0 aliphatic rings. The second-order valence-electron chi connectivity index (χ2n) is 2.37. The van der Waals surface area contributed by atoms with Crippen LogP contribution in [0.1, 0.15) is 5.56 Å². The van der Waals surface area contributed by atoms with Gasteiger partial charge in [-0.1, -0.05) is 12.1 Å². The van der Waals surface area contributed by atoms with Gasteiger partial charge in [0.25, 0.3) is 0 Å². The molecular weight excluding hydrogens is 158 g/mol. The minimum Gasteiger partial charge on any atom is -0.664 e. The highest BCUT2D eigenvalue weighted by Gasteiger charge is 1.97. The molecule has 0 aliphatic carbocycles. The van der Waals surface area contributed by atoms with E-state index in [0.29, 0.717) is 0 Å². The van der Waals surface area contributed by atoms with Crippen molar-refractivity contribution in [3.63, 3.8) is 0 Å². The summed E-state index contributed by atoms with van der Waals surface area (Å²) in [5.41, 5.74) is 5.73. The van der Waals surface area contributed by atoms with Gasteiger partial charge in [0.05, 0.1) is 6.42 Å². The van der Waals surface area contributed by atoms with Crippen molar-refractivity contribution < 1.29 is 14.9 Å². The van der Waals surface area contributed by atoms with Gasteiger partial charge < -0.3 is 15.9 Å². The summed E-state index contributed by atoms with van der Waals surface area (Å²) in [6, 6.07) is 6.23. The first kappa shape index (κ1) is 8.55. The molecule has 64 valence electrons. The molecule has 0 saturated heterocycles. The number of carbonyl (C=O) groups excluding carboxylic acids is 1. The van der Waals surface area contributed by atoms with Crippen molar-refractivity contribution in [3.05, 3.63) is 29.8 Å². The van der Waals surface area contributed by atoms with E-state index in [2.05, 4.69) is 4.89 Å². The standard InChI is InChI=1S/C8H9NO3/c9-8(10)5-6-1-3-7(12-11)4-2-6/h1-4,11H,5H2,(H2,9,10)/p-1. The molecule has 0 radical (unpaired) electrons. The van der Waals surface area contributed by atoms with Gasteiger partial charge in [0, 0.05) is 0 Å². The zero-order valence-electron chi connectivity index (χ0n) is 6.32. The van der Waals surface area contributed by atoms with Gasteiger partial charge in [-0.3, -0.25) is 4.79 Å². The minimum absolute atomic E-state index is 0.180. The Morgan fingerprint density at radius 2 is 2.00 bits per heavy atom. The van der Waals surface area contributed by atoms with E-state index >= 15 is 0 Å². The van der Waals surface area contributed by atoms with Crippen LogP contribution in [0.25, 0.3) is 0 Å². The summed E-state index contributed by atoms with van der Waals surface area (Å²) in [6.45, 7) is 0. The zero-order valence-corrected chi connectivity index (χ0v) is 6.32. The Hall–Kier alpha value is -1.55. The van der Waals surface area contributed by atoms with Gasteiger partial charge in [-0.2, -0.15) is 0 Å². The van der Waals surface area contributed by atoms with Gasteiger partial charge in [0.15, 0.2) is 0 Å². The van der Waals surface area contributed by atoms with Gasteiger partial charge in [-0.25, -0.2) is 0 Å². The largest absolute Gasteiger partial charge is 0.664 e. The van der Waals surface area contributed by atoms with Crippen molar-refractivity contribution in [1.29, 1.82) is 0 Å². The first-order chi connectivity index (χ1) is 5.72. The lowest BCUT2D eigenvalue weighted by Gasteiger charge is -2.07. The number of benzene rings is 1. The molecule has 2 N–H and O–H groups in total. The fourth-order valence-corrected chi connectivity index (χ4v) is 0.864. The molecule has 0 saturated carbocycles. The Morgan fingerprint density at radius 1 is 1.42 bits per heavy atom. The highest BCUT2D eigenvalue weighted by Crippen LogP contribution is 2.10. The van der Waals surface area contributed by atoms with Crippen LogP contribution in [0.4, 0.5) is 0 Å². The van der Waals surface area contributed by atoms with E-state index in [0.717, 1.165) is 5.56 Å². The van der Waals surface area contributed by atoms with Gasteiger partial charge in [-0.05, 0) is 17.7 Å². The van der Waals surface area contributed by atoms with E-state index < -0.39 is 5.91 Å². The van der Waals surface area contributed by atoms with Gasteiger partial charge in [-0.15, -0.1) is 0 Å². The minimum atomic E-state index is -0.397. The van der Waals surface area contributed by atoms with E-state index in [1.54, 1.807) is 12.1 Å². The van der Waals surface area contributed by atoms with Crippen LogP contribution in [0.15, 0.2) is 24.3 Å². The summed E-state index contributed by atoms with van der Waals surface area (Å²) in [4.78, 5) is 14.2. The third-order valence-electron chi connectivity index (χ3n) is 1.40. The van der Waals surface area contributed by atoms with Crippen molar-refractivity contribution >= 4 is 5.91 Å². The molecule has 1 amide bonds. The van der Waals surface area contributed by atoms with Crippen molar-refractivity contribution in [2.45, 2.75) is 6.42 Å². The number of primary amides is 1. The van der Waals surface area contributed by atoms with Crippen LogP contribution >= 0.6 is 0 Å². The first-order valence-corrected chi connectivity index (χ1v) is 3.39. The predicted molar refractivity (Wildman–Crippen MR) is 40.0 cm³/mol. The molecule has 0 heterocycles. The predicted octanol–water partition coefficient (Wildman–Crippen LogP) is -0.632. The fourth-order valence-electron chi connectivity index (χ4n) is 0.864. The third kappa shape index (κ3) is 2.25. The van der Waals surface area contributed by atoms with Gasteiger partial charge >= 0.3 is 0 Å². The number of nitrogens with two attached hydrogens (primary N) is 1. The maximum absolute atomic E-state index is 10.5. The van der Waals surface area contributed by atoms with Crippen molar-refractivity contribution in [3.8, 4) is 5.75 Å². The lowest BCUT2D eigenvalue weighted by Crippen LogP contribution is -2.13. The second-order valence-corrected chi connectivity index (χ2v) is 2.37. The summed E-state index contributed by atoms with van der Waals surface area (Å²) >= 11 is 0. The summed E-state index contributed by atoms with van der Waals surface area (Å²) in [7, 11) is 0. The normalized spacial score (nSPS) is 9.42. The summed E-state index contributed by atoms with van der Waals surface area (Å²) in [6.07, 6.45) is 0.180.